The van der Waals surface area contributed by atoms with E-state index in [1.807, 2.05) is 0 Å². The number of allylic oxidation sites excluding steroid dienone is 3. The highest BCUT2D eigenvalue weighted by Crippen LogP contribution is 2.59. The normalized spacial score (nSPS) is 36.6. The minimum absolute atomic E-state index is 0. The second-order valence-electron chi connectivity index (χ2n) is 11.0. The molecule has 2 nitrogen and oxygen atoms in total. The molecule has 3 rings (SSSR count). The molecule has 0 aromatic carbocycles. The van der Waals surface area contributed by atoms with E-state index in [1.54, 1.807) is 5.57 Å². The van der Waals surface area contributed by atoms with Gasteiger partial charge in [0.25, 0.3) is 0 Å². The van der Waals surface area contributed by atoms with Gasteiger partial charge >= 0.3 is 0 Å². The molecule has 30 heavy (non-hydrogen) atoms. The highest BCUT2D eigenvalue weighted by atomic mass is 32.1. The summed E-state index contributed by atoms with van der Waals surface area (Å²) >= 11 is 0. The Morgan fingerprint density at radius 2 is 1.73 bits per heavy atom. The van der Waals surface area contributed by atoms with Crippen molar-refractivity contribution in [2.24, 2.45) is 29.1 Å². The molecule has 3 aliphatic rings. The Kier molecular flexibility index (Phi) is 9.34. The third-order valence-corrected chi connectivity index (χ3v) is 8.47. The molecular weight excluding hydrogens is 388 g/mol. The van der Waals surface area contributed by atoms with Gasteiger partial charge < -0.3 is 10.2 Å². The van der Waals surface area contributed by atoms with Gasteiger partial charge in [-0.3, -0.25) is 0 Å². The van der Waals surface area contributed by atoms with Crippen molar-refractivity contribution in [2.45, 2.75) is 104 Å². The molecule has 0 amide bonds. The average molecular weight is 435 g/mol. The molecule has 0 radical (unpaired) electrons. The SMILES string of the molecule is C=C1[C@H](O)CC(=C/C=C2\CCC[C@]3(C)[C@@H]([C@H](C)CCCC(C)C)CC[C@@H]23)C[C@H]1O.S. The van der Waals surface area contributed by atoms with Crippen LogP contribution in [0.15, 0.2) is 35.5 Å². The van der Waals surface area contributed by atoms with Gasteiger partial charge in [0.1, 0.15) is 0 Å². The quantitative estimate of drug-likeness (QED) is 0.456. The van der Waals surface area contributed by atoms with E-state index in [4.69, 9.17) is 0 Å². The zero-order valence-electron chi connectivity index (χ0n) is 19.8. The van der Waals surface area contributed by atoms with Gasteiger partial charge in [-0.25, -0.2) is 0 Å². The first-order valence-electron chi connectivity index (χ1n) is 12.2. The van der Waals surface area contributed by atoms with Crippen molar-refractivity contribution < 1.29 is 10.2 Å². The van der Waals surface area contributed by atoms with Crippen LogP contribution >= 0.6 is 13.5 Å². The Morgan fingerprint density at radius 1 is 1.07 bits per heavy atom. The molecule has 3 aliphatic carbocycles. The molecular formula is C27H46O2S. The van der Waals surface area contributed by atoms with E-state index in [0.717, 1.165) is 29.2 Å². The summed E-state index contributed by atoms with van der Waals surface area (Å²) in [7, 11) is 0. The maximum absolute atomic E-state index is 10.1. The van der Waals surface area contributed by atoms with Crippen molar-refractivity contribution in [2.75, 3.05) is 0 Å². The molecule has 2 N–H and O–H groups in total. The van der Waals surface area contributed by atoms with Crippen LogP contribution < -0.4 is 0 Å². The molecule has 0 aliphatic heterocycles. The second-order valence-corrected chi connectivity index (χ2v) is 11.0. The molecule has 0 unspecified atom stereocenters. The van der Waals surface area contributed by atoms with E-state index in [0.29, 0.717) is 23.8 Å². The van der Waals surface area contributed by atoms with E-state index in [1.165, 1.54) is 51.4 Å². The van der Waals surface area contributed by atoms with E-state index < -0.39 is 12.2 Å². The fraction of sp³-hybridized carbons (Fsp3) is 0.778. The maximum atomic E-state index is 10.1. The van der Waals surface area contributed by atoms with Gasteiger partial charge in [-0.05, 0) is 79.6 Å². The molecule has 0 bridgehead atoms. The lowest BCUT2D eigenvalue weighted by atomic mass is 9.60. The number of aliphatic hydroxyl groups excluding tert-OH is 2. The van der Waals surface area contributed by atoms with Crippen molar-refractivity contribution in [3.05, 3.63) is 35.5 Å². The Morgan fingerprint density at radius 3 is 2.37 bits per heavy atom. The standard InChI is InChI=1S/C27H44O2.H2S/c1-18(2)8-6-9-19(3)23-13-14-24-22(10-7-15-27(23,24)5)12-11-21-16-25(28)20(4)26(29)17-21;/h11-12,18-19,23-26,28-29H,4,6-10,13-17H2,1-3,5H3;1H2/b22-12+;/t19-,23-,24+,25-,26-,27-;/m1./s1. The molecule has 3 saturated carbocycles. The Labute approximate surface area is 192 Å². The van der Waals surface area contributed by atoms with Crippen LogP contribution in [0.4, 0.5) is 0 Å². The molecule has 0 saturated heterocycles. The number of rotatable bonds is 6. The predicted molar refractivity (Wildman–Crippen MR) is 133 cm³/mol. The summed E-state index contributed by atoms with van der Waals surface area (Å²) in [4.78, 5) is 0. The van der Waals surface area contributed by atoms with Gasteiger partial charge in [0, 0.05) is 0 Å². The minimum Gasteiger partial charge on any atom is -0.388 e. The third-order valence-electron chi connectivity index (χ3n) is 8.47. The monoisotopic (exact) mass is 434 g/mol. The van der Waals surface area contributed by atoms with Crippen molar-refractivity contribution >= 4 is 13.5 Å². The fourth-order valence-electron chi connectivity index (χ4n) is 6.69. The Hall–Kier alpha value is -0.510. The van der Waals surface area contributed by atoms with Crippen LogP contribution in [0.5, 0.6) is 0 Å². The van der Waals surface area contributed by atoms with E-state index in [9.17, 15) is 10.2 Å². The molecule has 3 fully saturated rings. The minimum atomic E-state index is -0.595. The van der Waals surface area contributed by atoms with Gasteiger partial charge in [0.2, 0.25) is 0 Å². The lowest BCUT2D eigenvalue weighted by Gasteiger charge is -2.44. The summed E-state index contributed by atoms with van der Waals surface area (Å²) in [6.45, 7) is 13.6. The van der Waals surface area contributed by atoms with Crippen molar-refractivity contribution in [3.8, 4) is 0 Å². The Bertz CT molecular complexity index is 633. The second kappa shape index (κ2) is 10.9. The number of hydrogen-bond donors (Lipinski definition) is 2. The molecule has 0 heterocycles. The van der Waals surface area contributed by atoms with Gasteiger partial charge in [-0.2, -0.15) is 13.5 Å². The van der Waals surface area contributed by atoms with Crippen molar-refractivity contribution in [1.29, 1.82) is 0 Å². The summed E-state index contributed by atoms with van der Waals surface area (Å²) in [6, 6.07) is 0. The van der Waals surface area contributed by atoms with Crippen molar-refractivity contribution in [1.82, 2.24) is 0 Å². The third kappa shape index (κ3) is 5.64. The lowest BCUT2D eigenvalue weighted by Crippen LogP contribution is -2.36. The van der Waals surface area contributed by atoms with Gasteiger partial charge in [0.15, 0.2) is 0 Å². The van der Waals surface area contributed by atoms with Gasteiger partial charge in [-0.1, -0.05) is 76.8 Å². The van der Waals surface area contributed by atoms with E-state index in [2.05, 4.69) is 46.4 Å². The average Bonchev–Trinajstić information content (AvgIpc) is 3.01. The van der Waals surface area contributed by atoms with Crippen LogP contribution in [-0.4, -0.2) is 22.4 Å². The highest BCUT2D eigenvalue weighted by molar-refractivity contribution is 7.59. The molecule has 0 aromatic heterocycles. The fourth-order valence-corrected chi connectivity index (χ4v) is 6.69. The number of hydrogen-bond acceptors (Lipinski definition) is 2. The zero-order chi connectivity index (χ0) is 21.2. The predicted octanol–water partition coefficient (Wildman–Crippen LogP) is 6.70. The molecule has 172 valence electrons. The molecule has 3 heteroatoms. The maximum Gasteiger partial charge on any atom is 0.0809 e. The first-order chi connectivity index (χ1) is 13.7. The molecule has 6 atom stereocenters. The van der Waals surface area contributed by atoms with Crippen LogP contribution in [0.25, 0.3) is 0 Å². The summed E-state index contributed by atoms with van der Waals surface area (Å²) in [5.74, 6) is 3.23. The lowest BCUT2D eigenvalue weighted by molar-refractivity contribution is 0.0928. The highest BCUT2D eigenvalue weighted by Gasteiger charge is 2.50. The van der Waals surface area contributed by atoms with E-state index in [-0.39, 0.29) is 13.5 Å². The summed E-state index contributed by atoms with van der Waals surface area (Å²) in [6.07, 6.45) is 15.4. The van der Waals surface area contributed by atoms with Crippen LogP contribution in [0.1, 0.15) is 91.9 Å². The summed E-state index contributed by atoms with van der Waals surface area (Å²) in [5.41, 5.74) is 3.81. The first-order valence-corrected chi connectivity index (χ1v) is 12.2. The van der Waals surface area contributed by atoms with Crippen LogP contribution in [-0.2, 0) is 0 Å². The number of aliphatic hydroxyl groups is 2. The van der Waals surface area contributed by atoms with Crippen molar-refractivity contribution in [3.63, 3.8) is 0 Å². The smallest absolute Gasteiger partial charge is 0.0809 e. The topological polar surface area (TPSA) is 40.5 Å². The van der Waals surface area contributed by atoms with Crippen LogP contribution in [0, 0.1) is 29.1 Å². The van der Waals surface area contributed by atoms with Crippen LogP contribution in [0.2, 0.25) is 0 Å². The zero-order valence-corrected chi connectivity index (χ0v) is 20.8. The first kappa shape index (κ1) is 25.7. The summed E-state index contributed by atoms with van der Waals surface area (Å²) < 4.78 is 0. The van der Waals surface area contributed by atoms with Crippen LogP contribution in [0.3, 0.4) is 0 Å². The largest absolute Gasteiger partial charge is 0.388 e. The van der Waals surface area contributed by atoms with Gasteiger partial charge in [-0.15, -0.1) is 0 Å². The molecule has 0 spiro atoms. The number of fused-ring (bicyclic) bond motifs is 1. The summed E-state index contributed by atoms with van der Waals surface area (Å²) in [5, 5.41) is 20.3. The Balaban J connectivity index is 0.00000320. The van der Waals surface area contributed by atoms with E-state index >= 15 is 0 Å². The molecule has 0 aromatic rings. The van der Waals surface area contributed by atoms with Gasteiger partial charge in [0.05, 0.1) is 12.2 Å².